The van der Waals surface area contributed by atoms with Crippen LogP contribution in [-0.2, 0) is 9.47 Å². The van der Waals surface area contributed by atoms with Gasteiger partial charge in [0.1, 0.15) is 12.2 Å². The summed E-state index contributed by atoms with van der Waals surface area (Å²) in [4.78, 5) is 0. The summed E-state index contributed by atoms with van der Waals surface area (Å²) in [5.41, 5.74) is 0. The molecule has 0 saturated carbocycles. The van der Waals surface area contributed by atoms with Gasteiger partial charge in [0.15, 0.2) is 0 Å². The fourth-order valence-corrected chi connectivity index (χ4v) is 0.394. The second-order valence-electron chi connectivity index (χ2n) is 3.27. The molecule has 1 fully saturated rings. The first-order chi connectivity index (χ1) is 8.62. The van der Waals surface area contributed by atoms with Crippen molar-refractivity contribution in [3.63, 3.8) is 0 Å². The lowest BCUT2D eigenvalue weighted by molar-refractivity contribution is -0.00361. The molecule has 0 aliphatic carbocycles. The molecule has 0 radical (unpaired) electrons. The van der Waals surface area contributed by atoms with Crippen LogP contribution >= 0.6 is 0 Å². The highest BCUT2D eigenvalue weighted by Crippen LogP contribution is 1.84. The van der Waals surface area contributed by atoms with Gasteiger partial charge in [-0.05, 0) is 0 Å². The molecule has 0 aromatic rings. The van der Waals surface area contributed by atoms with Crippen molar-refractivity contribution >= 4 is 0 Å². The topological polar surface area (TPSA) is 143 Å². The molecule has 8 nitrogen and oxygen atoms in total. The largest absolute Gasteiger partial charge is 0.394 e. The lowest BCUT2D eigenvalue weighted by atomic mass is 10.4. The SMILES string of the molecule is C1CO1.OCC(O)CO.OCCOCC(O)CO. The Bertz CT molecular complexity index is 137. The summed E-state index contributed by atoms with van der Waals surface area (Å²) in [6, 6.07) is 0. The van der Waals surface area contributed by atoms with Crippen LogP contribution in [0.15, 0.2) is 0 Å². The third kappa shape index (κ3) is 24.8. The van der Waals surface area contributed by atoms with Gasteiger partial charge < -0.3 is 40.1 Å². The zero-order chi connectivity index (χ0) is 14.2. The van der Waals surface area contributed by atoms with Gasteiger partial charge in [0.05, 0.1) is 52.9 Å². The van der Waals surface area contributed by atoms with Gasteiger partial charge in [-0.15, -0.1) is 0 Å². The van der Waals surface area contributed by atoms with E-state index >= 15 is 0 Å². The van der Waals surface area contributed by atoms with Crippen LogP contribution in [0.1, 0.15) is 0 Å². The van der Waals surface area contributed by atoms with Crippen LogP contribution in [0.3, 0.4) is 0 Å². The van der Waals surface area contributed by atoms with Crippen molar-refractivity contribution in [2.24, 2.45) is 0 Å². The maximum absolute atomic E-state index is 8.63. The lowest BCUT2D eigenvalue weighted by Gasteiger charge is -2.05. The molecule has 112 valence electrons. The van der Waals surface area contributed by atoms with Gasteiger partial charge in [-0.1, -0.05) is 0 Å². The quantitative estimate of drug-likeness (QED) is 0.209. The van der Waals surface area contributed by atoms with E-state index in [1.807, 2.05) is 0 Å². The van der Waals surface area contributed by atoms with E-state index in [-0.39, 0.29) is 39.6 Å². The molecule has 1 unspecified atom stereocenters. The molecular formula is C10H24O8. The van der Waals surface area contributed by atoms with E-state index in [2.05, 4.69) is 9.47 Å². The highest BCUT2D eigenvalue weighted by molar-refractivity contribution is 4.47. The zero-order valence-electron chi connectivity index (χ0n) is 10.3. The standard InChI is InChI=1S/C5H12O4.C3H8O3.C2H4O/c6-1-2-9-4-5(8)3-7;4-1-3(6)2-5;1-2-3-1/h5-8H,1-4H2;3-6H,1-2H2;1-2H2. The van der Waals surface area contributed by atoms with Crippen LogP contribution in [0.25, 0.3) is 0 Å². The van der Waals surface area contributed by atoms with Crippen LogP contribution in [0.5, 0.6) is 0 Å². The van der Waals surface area contributed by atoms with Gasteiger partial charge in [0, 0.05) is 0 Å². The number of aliphatic hydroxyl groups is 6. The average Bonchev–Trinajstić information content (AvgIpc) is 3.26. The zero-order valence-corrected chi connectivity index (χ0v) is 10.3. The molecule has 1 aliphatic heterocycles. The summed E-state index contributed by atoms with van der Waals surface area (Å²) in [6.45, 7) is 1.20. The minimum absolute atomic E-state index is 0.0574. The number of hydrogen-bond donors (Lipinski definition) is 6. The first-order valence-electron chi connectivity index (χ1n) is 5.57. The molecule has 1 saturated heterocycles. The average molecular weight is 272 g/mol. The Morgan fingerprint density at radius 1 is 0.889 bits per heavy atom. The molecule has 1 atom stereocenters. The second-order valence-corrected chi connectivity index (χ2v) is 3.27. The number of aliphatic hydroxyl groups excluding tert-OH is 6. The van der Waals surface area contributed by atoms with E-state index in [0.717, 1.165) is 13.2 Å². The Morgan fingerprint density at radius 2 is 1.33 bits per heavy atom. The third-order valence-electron chi connectivity index (χ3n) is 1.38. The molecule has 8 heteroatoms. The van der Waals surface area contributed by atoms with E-state index in [0.29, 0.717) is 0 Å². The van der Waals surface area contributed by atoms with Crippen LogP contribution in [-0.4, -0.2) is 95.7 Å². The van der Waals surface area contributed by atoms with Crippen molar-refractivity contribution in [1.82, 2.24) is 0 Å². The smallest absolute Gasteiger partial charge is 0.100 e. The van der Waals surface area contributed by atoms with Crippen LogP contribution < -0.4 is 0 Å². The van der Waals surface area contributed by atoms with E-state index < -0.39 is 12.2 Å². The molecule has 0 spiro atoms. The third-order valence-corrected chi connectivity index (χ3v) is 1.38. The minimum Gasteiger partial charge on any atom is -0.394 e. The first kappa shape index (κ1) is 20.0. The molecule has 0 amide bonds. The molecule has 0 aromatic heterocycles. The highest BCUT2D eigenvalue weighted by atomic mass is 16.6. The number of epoxide rings is 1. The minimum atomic E-state index is -0.954. The van der Waals surface area contributed by atoms with E-state index in [4.69, 9.17) is 30.6 Å². The highest BCUT2D eigenvalue weighted by Gasteiger charge is 1.99. The molecule has 0 bridgehead atoms. The van der Waals surface area contributed by atoms with Gasteiger partial charge in [0.25, 0.3) is 0 Å². The van der Waals surface area contributed by atoms with E-state index in [1.54, 1.807) is 0 Å². The Hall–Kier alpha value is -0.320. The van der Waals surface area contributed by atoms with Gasteiger partial charge >= 0.3 is 0 Å². The summed E-state index contributed by atoms with van der Waals surface area (Å²) in [6.07, 6.45) is -1.78. The summed E-state index contributed by atoms with van der Waals surface area (Å²) in [5.74, 6) is 0. The van der Waals surface area contributed by atoms with Crippen molar-refractivity contribution in [3.8, 4) is 0 Å². The molecule has 1 heterocycles. The molecule has 18 heavy (non-hydrogen) atoms. The van der Waals surface area contributed by atoms with Crippen molar-refractivity contribution < 1.29 is 40.1 Å². The summed E-state index contributed by atoms with van der Waals surface area (Å²) in [7, 11) is 0. The Kier molecular flexibility index (Phi) is 18.5. The normalized spacial score (nSPS) is 14.2. The molecule has 0 aromatic carbocycles. The fourth-order valence-electron chi connectivity index (χ4n) is 0.394. The van der Waals surface area contributed by atoms with Crippen molar-refractivity contribution in [3.05, 3.63) is 0 Å². The molecule has 6 N–H and O–H groups in total. The Balaban J connectivity index is 0. The van der Waals surface area contributed by atoms with Gasteiger partial charge in [-0.25, -0.2) is 0 Å². The number of rotatable bonds is 7. The Labute approximate surface area is 106 Å². The lowest BCUT2D eigenvalue weighted by Crippen LogP contribution is -2.20. The van der Waals surface area contributed by atoms with Crippen LogP contribution in [0.2, 0.25) is 0 Å². The fraction of sp³-hybridized carbons (Fsp3) is 1.00. The maximum atomic E-state index is 8.63. The van der Waals surface area contributed by atoms with Gasteiger partial charge in [0.2, 0.25) is 0 Å². The van der Waals surface area contributed by atoms with Gasteiger partial charge in [-0.3, -0.25) is 0 Å². The van der Waals surface area contributed by atoms with E-state index in [1.165, 1.54) is 0 Å². The molecule has 1 rings (SSSR count). The Morgan fingerprint density at radius 3 is 1.56 bits per heavy atom. The monoisotopic (exact) mass is 272 g/mol. The van der Waals surface area contributed by atoms with Crippen molar-refractivity contribution in [1.29, 1.82) is 0 Å². The number of ether oxygens (including phenoxy) is 2. The molecular weight excluding hydrogens is 248 g/mol. The summed E-state index contributed by atoms with van der Waals surface area (Å²) >= 11 is 0. The van der Waals surface area contributed by atoms with Crippen molar-refractivity contribution in [2.45, 2.75) is 12.2 Å². The molecule has 1 aliphatic rings. The van der Waals surface area contributed by atoms with Gasteiger partial charge in [-0.2, -0.15) is 0 Å². The van der Waals surface area contributed by atoms with Crippen molar-refractivity contribution in [2.75, 3.05) is 52.9 Å². The maximum Gasteiger partial charge on any atom is 0.100 e. The summed E-state index contributed by atoms with van der Waals surface area (Å²) in [5, 5.41) is 49.1. The summed E-state index contributed by atoms with van der Waals surface area (Å²) < 4.78 is 9.18. The van der Waals surface area contributed by atoms with E-state index in [9.17, 15) is 0 Å². The number of hydrogen-bond acceptors (Lipinski definition) is 8. The second kappa shape index (κ2) is 16.7. The predicted molar refractivity (Wildman–Crippen MR) is 62.0 cm³/mol. The first-order valence-corrected chi connectivity index (χ1v) is 5.57. The predicted octanol–water partition coefficient (Wildman–Crippen LogP) is -3.30. The van der Waals surface area contributed by atoms with Crippen LogP contribution in [0, 0.1) is 0 Å². The van der Waals surface area contributed by atoms with Crippen LogP contribution in [0.4, 0.5) is 0 Å².